The highest BCUT2D eigenvalue weighted by atomic mass is 79.9. The second kappa shape index (κ2) is 5.81. The van der Waals surface area contributed by atoms with Crippen LogP contribution in [0.2, 0.25) is 0 Å². The number of para-hydroxylation sites is 1. The maximum absolute atomic E-state index is 11.6. The summed E-state index contributed by atoms with van der Waals surface area (Å²) < 4.78 is 0.881. The van der Waals surface area contributed by atoms with Gasteiger partial charge in [-0.1, -0.05) is 40.2 Å². The van der Waals surface area contributed by atoms with E-state index in [0.29, 0.717) is 16.6 Å². The molecule has 5 nitrogen and oxygen atoms in total. The molecule has 0 fully saturated rings. The van der Waals surface area contributed by atoms with E-state index in [1.807, 2.05) is 12.1 Å². The van der Waals surface area contributed by atoms with Gasteiger partial charge in [0.25, 0.3) is 0 Å². The summed E-state index contributed by atoms with van der Waals surface area (Å²) in [4.78, 5) is 27.3. The highest BCUT2D eigenvalue weighted by Gasteiger charge is 2.17. The zero-order valence-electron chi connectivity index (χ0n) is 11.7. The Bertz CT molecular complexity index is 935. The molecule has 0 radical (unpaired) electrons. The highest BCUT2D eigenvalue weighted by molar-refractivity contribution is 9.10. The summed E-state index contributed by atoms with van der Waals surface area (Å²) in [5.41, 5.74) is 1.28. The Hall–Kier alpha value is -2.73. The van der Waals surface area contributed by atoms with E-state index in [1.165, 1.54) is 18.2 Å². The first kappa shape index (κ1) is 15.2. The van der Waals surface area contributed by atoms with Crippen LogP contribution in [-0.4, -0.2) is 27.1 Å². The van der Waals surface area contributed by atoms with Crippen molar-refractivity contribution in [3.63, 3.8) is 0 Å². The summed E-state index contributed by atoms with van der Waals surface area (Å²) in [6, 6.07) is 13.1. The van der Waals surface area contributed by atoms with Gasteiger partial charge in [-0.25, -0.2) is 14.6 Å². The van der Waals surface area contributed by atoms with Crippen molar-refractivity contribution in [3.05, 3.63) is 64.1 Å². The summed E-state index contributed by atoms with van der Waals surface area (Å²) in [6.45, 7) is 0. The van der Waals surface area contributed by atoms with Crippen molar-refractivity contribution in [2.75, 3.05) is 0 Å². The Labute approximate surface area is 139 Å². The second-order valence-electron chi connectivity index (χ2n) is 4.87. The fourth-order valence-electron chi connectivity index (χ4n) is 2.37. The van der Waals surface area contributed by atoms with Crippen LogP contribution in [0.3, 0.4) is 0 Å². The van der Waals surface area contributed by atoms with Gasteiger partial charge in [0.15, 0.2) is 0 Å². The van der Waals surface area contributed by atoms with Crippen LogP contribution < -0.4 is 0 Å². The minimum Gasteiger partial charge on any atom is -0.478 e. The first-order valence-electron chi connectivity index (χ1n) is 6.63. The molecule has 0 saturated carbocycles. The van der Waals surface area contributed by atoms with E-state index < -0.39 is 11.9 Å². The number of halogens is 1. The van der Waals surface area contributed by atoms with E-state index in [9.17, 15) is 19.8 Å². The van der Waals surface area contributed by atoms with Crippen LogP contribution in [0, 0.1) is 0 Å². The largest absolute Gasteiger partial charge is 0.478 e. The third kappa shape index (κ3) is 2.80. The Kier molecular flexibility index (Phi) is 3.83. The smallest absolute Gasteiger partial charge is 0.337 e. The number of benzene rings is 2. The number of aromatic carboxylic acids is 2. The molecule has 1 aromatic heterocycles. The lowest BCUT2D eigenvalue weighted by Crippen LogP contribution is -2.04. The first-order chi connectivity index (χ1) is 11.0. The van der Waals surface area contributed by atoms with Gasteiger partial charge < -0.3 is 10.2 Å². The van der Waals surface area contributed by atoms with E-state index in [0.717, 1.165) is 4.47 Å². The zero-order chi connectivity index (χ0) is 16.6. The Morgan fingerprint density at radius 1 is 0.913 bits per heavy atom. The fourth-order valence-corrected chi connectivity index (χ4v) is 2.63. The molecule has 0 aliphatic carbocycles. The molecule has 2 N–H and O–H groups in total. The Morgan fingerprint density at radius 3 is 2.17 bits per heavy atom. The molecule has 0 aliphatic rings. The fraction of sp³-hybridized carbons (Fsp3) is 0. The molecular weight excluding hydrogens is 362 g/mol. The number of nitrogens with zero attached hydrogens (tertiary/aromatic N) is 1. The molecule has 0 spiro atoms. The molecule has 3 rings (SSSR count). The number of pyridine rings is 1. The van der Waals surface area contributed by atoms with Crippen molar-refractivity contribution in [2.45, 2.75) is 0 Å². The van der Waals surface area contributed by atoms with Crippen molar-refractivity contribution in [2.24, 2.45) is 0 Å². The van der Waals surface area contributed by atoms with Gasteiger partial charge in [0.1, 0.15) is 0 Å². The number of carbonyl (C=O) groups is 2. The van der Waals surface area contributed by atoms with E-state index in [2.05, 4.69) is 20.9 Å². The molecule has 0 atom stereocenters. The number of rotatable bonds is 3. The van der Waals surface area contributed by atoms with Gasteiger partial charge in [-0.3, -0.25) is 0 Å². The predicted octanol–water partition coefficient (Wildman–Crippen LogP) is 4.06. The number of hydrogen-bond acceptors (Lipinski definition) is 3. The number of hydrogen-bond donors (Lipinski definition) is 2. The van der Waals surface area contributed by atoms with Gasteiger partial charge in [0.05, 0.1) is 22.3 Å². The molecule has 0 amide bonds. The lowest BCUT2D eigenvalue weighted by Gasteiger charge is -2.09. The lowest BCUT2D eigenvalue weighted by molar-refractivity contribution is 0.0686. The maximum atomic E-state index is 11.6. The molecule has 0 unspecified atom stereocenters. The van der Waals surface area contributed by atoms with E-state index in [4.69, 9.17) is 0 Å². The minimum atomic E-state index is -1.15. The number of carboxylic acids is 2. The number of aromatic nitrogens is 1. The summed E-state index contributed by atoms with van der Waals surface area (Å²) in [7, 11) is 0. The second-order valence-corrected chi connectivity index (χ2v) is 5.79. The van der Waals surface area contributed by atoms with Crippen LogP contribution in [0.4, 0.5) is 0 Å². The number of carboxylic acid groups (broad SMARTS) is 2. The van der Waals surface area contributed by atoms with Crippen LogP contribution in [0.25, 0.3) is 22.2 Å². The van der Waals surface area contributed by atoms with Crippen molar-refractivity contribution in [1.29, 1.82) is 0 Å². The third-order valence-corrected chi connectivity index (χ3v) is 3.97. The van der Waals surface area contributed by atoms with Crippen LogP contribution in [0.15, 0.2) is 53.0 Å². The van der Waals surface area contributed by atoms with E-state index >= 15 is 0 Å². The van der Waals surface area contributed by atoms with Gasteiger partial charge in [0.2, 0.25) is 0 Å². The molecule has 0 bridgehead atoms. The quantitative estimate of drug-likeness (QED) is 0.724. The molecule has 0 aliphatic heterocycles. The van der Waals surface area contributed by atoms with Crippen LogP contribution in [0.5, 0.6) is 0 Å². The van der Waals surface area contributed by atoms with Gasteiger partial charge in [0, 0.05) is 15.4 Å². The lowest BCUT2D eigenvalue weighted by atomic mass is 10.0. The molecule has 23 heavy (non-hydrogen) atoms. The van der Waals surface area contributed by atoms with Crippen molar-refractivity contribution >= 4 is 38.8 Å². The molecule has 0 saturated heterocycles. The van der Waals surface area contributed by atoms with Gasteiger partial charge >= 0.3 is 11.9 Å². The van der Waals surface area contributed by atoms with Crippen LogP contribution in [-0.2, 0) is 0 Å². The number of fused-ring (bicyclic) bond motifs is 1. The summed E-state index contributed by atoms with van der Waals surface area (Å²) in [5.74, 6) is -2.27. The first-order valence-corrected chi connectivity index (χ1v) is 7.43. The molecule has 1 heterocycles. The monoisotopic (exact) mass is 371 g/mol. The van der Waals surface area contributed by atoms with Crippen molar-refractivity contribution < 1.29 is 19.8 Å². The van der Waals surface area contributed by atoms with Crippen molar-refractivity contribution in [1.82, 2.24) is 4.98 Å². The molecule has 114 valence electrons. The van der Waals surface area contributed by atoms with Gasteiger partial charge in [-0.05, 0) is 24.3 Å². The maximum Gasteiger partial charge on any atom is 0.337 e. The van der Waals surface area contributed by atoms with Gasteiger partial charge in [-0.2, -0.15) is 0 Å². The predicted molar refractivity (Wildman–Crippen MR) is 88.8 cm³/mol. The SMILES string of the molecule is O=C(O)c1cc(-c2ccc(Br)cc2)nc2c(C(=O)O)cccc12. The zero-order valence-corrected chi connectivity index (χ0v) is 13.2. The van der Waals surface area contributed by atoms with Gasteiger partial charge in [-0.15, -0.1) is 0 Å². The summed E-state index contributed by atoms with van der Waals surface area (Å²) >= 11 is 3.33. The standard InChI is InChI=1S/C17H10BrNO4/c18-10-6-4-9(5-7-10)14-8-13(17(22)23)11-2-1-3-12(16(20)21)15(11)19-14/h1-8H,(H,20,21)(H,22,23). The Morgan fingerprint density at radius 2 is 1.57 bits per heavy atom. The summed E-state index contributed by atoms with van der Waals surface area (Å²) in [5, 5.41) is 19.1. The van der Waals surface area contributed by atoms with E-state index in [1.54, 1.807) is 18.2 Å². The molecular formula is C17H10BrNO4. The average molecular weight is 372 g/mol. The average Bonchev–Trinajstić information content (AvgIpc) is 2.53. The molecule has 2 aromatic carbocycles. The van der Waals surface area contributed by atoms with Crippen LogP contribution in [0.1, 0.15) is 20.7 Å². The third-order valence-electron chi connectivity index (χ3n) is 3.44. The molecule has 6 heteroatoms. The topological polar surface area (TPSA) is 87.5 Å². The van der Waals surface area contributed by atoms with Crippen molar-refractivity contribution in [3.8, 4) is 11.3 Å². The highest BCUT2D eigenvalue weighted by Crippen LogP contribution is 2.28. The van der Waals surface area contributed by atoms with E-state index in [-0.39, 0.29) is 16.6 Å². The Balaban J connectivity index is 2.36. The normalized spacial score (nSPS) is 10.7. The molecule has 3 aromatic rings. The minimum absolute atomic E-state index is 0.0241. The summed E-state index contributed by atoms with van der Waals surface area (Å²) in [6.07, 6.45) is 0. The van der Waals surface area contributed by atoms with Crippen LogP contribution >= 0.6 is 15.9 Å².